The SMILES string of the molecule is COc1c(N)cccc1C(=O)OCc1cccc(F)c1Cl. The smallest absolute Gasteiger partial charge is 0.342 e. The Hall–Kier alpha value is -2.27. The number of hydrogen-bond acceptors (Lipinski definition) is 4. The fourth-order valence-electron chi connectivity index (χ4n) is 1.82. The molecule has 110 valence electrons. The number of halogens is 2. The molecule has 0 unspecified atom stereocenters. The van der Waals surface area contributed by atoms with Crippen molar-refractivity contribution in [3.05, 3.63) is 58.4 Å². The number of carbonyl (C=O) groups excluding carboxylic acids is 1. The highest BCUT2D eigenvalue weighted by Gasteiger charge is 2.16. The summed E-state index contributed by atoms with van der Waals surface area (Å²) in [6.07, 6.45) is 0. The van der Waals surface area contributed by atoms with E-state index in [-0.39, 0.29) is 22.9 Å². The maximum Gasteiger partial charge on any atom is 0.342 e. The van der Waals surface area contributed by atoms with Crippen molar-refractivity contribution in [2.75, 3.05) is 12.8 Å². The lowest BCUT2D eigenvalue weighted by atomic mass is 10.1. The Labute approximate surface area is 126 Å². The minimum absolute atomic E-state index is 0.0650. The minimum atomic E-state index is -0.625. The molecule has 0 amide bonds. The lowest BCUT2D eigenvalue weighted by Crippen LogP contribution is -2.09. The lowest BCUT2D eigenvalue weighted by Gasteiger charge is -2.11. The number of esters is 1. The predicted octanol–water partition coefficient (Wildman–Crippen LogP) is 3.43. The van der Waals surface area contributed by atoms with Gasteiger partial charge in [-0.15, -0.1) is 0 Å². The van der Waals surface area contributed by atoms with Crippen LogP contribution in [0.2, 0.25) is 5.02 Å². The van der Waals surface area contributed by atoms with Crippen molar-refractivity contribution in [2.24, 2.45) is 0 Å². The number of hydrogen-bond donors (Lipinski definition) is 1. The van der Waals surface area contributed by atoms with Crippen LogP contribution in [0.4, 0.5) is 10.1 Å². The number of ether oxygens (including phenoxy) is 2. The summed E-state index contributed by atoms with van der Waals surface area (Å²) in [4.78, 5) is 12.1. The number of rotatable bonds is 4. The minimum Gasteiger partial charge on any atom is -0.494 e. The van der Waals surface area contributed by atoms with Crippen LogP contribution in [0.1, 0.15) is 15.9 Å². The first kappa shape index (κ1) is 15.1. The molecule has 0 atom stereocenters. The van der Waals surface area contributed by atoms with E-state index in [1.165, 1.54) is 25.3 Å². The summed E-state index contributed by atoms with van der Waals surface area (Å²) in [6.45, 7) is -0.145. The third-order valence-corrected chi connectivity index (χ3v) is 3.28. The summed E-state index contributed by atoms with van der Waals surface area (Å²) in [5, 5.41) is -0.0650. The highest BCUT2D eigenvalue weighted by atomic mass is 35.5. The van der Waals surface area contributed by atoms with E-state index in [1.54, 1.807) is 18.2 Å². The van der Waals surface area contributed by atoms with Crippen LogP contribution in [0, 0.1) is 5.82 Å². The van der Waals surface area contributed by atoms with Gasteiger partial charge in [0.15, 0.2) is 5.75 Å². The van der Waals surface area contributed by atoms with Crippen molar-refractivity contribution >= 4 is 23.3 Å². The largest absolute Gasteiger partial charge is 0.494 e. The zero-order chi connectivity index (χ0) is 15.4. The number of nitrogen functional groups attached to an aromatic ring is 1. The maximum atomic E-state index is 13.3. The molecule has 2 aromatic carbocycles. The van der Waals surface area contributed by atoms with E-state index in [0.717, 1.165) is 0 Å². The molecule has 0 heterocycles. The molecule has 2 aromatic rings. The van der Waals surface area contributed by atoms with Crippen molar-refractivity contribution < 1.29 is 18.7 Å². The van der Waals surface area contributed by atoms with Gasteiger partial charge in [0, 0.05) is 5.56 Å². The van der Waals surface area contributed by atoms with Crippen molar-refractivity contribution in [2.45, 2.75) is 6.61 Å². The summed E-state index contributed by atoms with van der Waals surface area (Å²) in [5.74, 6) is -0.945. The highest BCUT2D eigenvalue weighted by Crippen LogP contribution is 2.27. The van der Waals surface area contributed by atoms with Gasteiger partial charge in [0.2, 0.25) is 0 Å². The molecule has 0 aliphatic rings. The molecule has 0 fully saturated rings. The Morgan fingerprint density at radius 1 is 1.29 bits per heavy atom. The molecule has 6 heteroatoms. The normalized spacial score (nSPS) is 10.2. The number of para-hydroxylation sites is 1. The van der Waals surface area contributed by atoms with Gasteiger partial charge in [0.25, 0.3) is 0 Å². The van der Waals surface area contributed by atoms with Crippen LogP contribution in [-0.4, -0.2) is 13.1 Å². The predicted molar refractivity (Wildman–Crippen MR) is 77.9 cm³/mol. The number of carbonyl (C=O) groups is 1. The highest BCUT2D eigenvalue weighted by molar-refractivity contribution is 6.31. The number of nitrogens with two attached hydrogens (primary N) is 1. The molecular weight excluding hydrogens is 297 g/mol. The summed E-state index contributed by atoms with van der Waals surface area (Å²) in [7, 11) is 1.41. The first-order valence-electron chi connectivity index (χ1n) is 6.07. The molecule has 2 rings (SSSR count). The van der Waals surface area contributed by atoms with Crippen molar-refractivity contribution in [3.8, 4) is 5.75 Å². The van der Waals surface area contributed by atoms with E-state index in [9.17, 15) is 9.18 Å². The monoisotopic (exact) mass is 309 g/mol. The zero-order valence-electron chi connectivity index (χ0n) is 11.2. The standard InChI is InChI=1S/C15H13ClFNO3/c1-20-14-10(5-3-7-12(14)18)15(19)21-8-9-4-2-6-11(17)13(9)16/h2-7H,8,18H2,1H3. The van der Waals surface area contributed by atoms with Gasteiger partial charge in [-0.1, -0.05) is 29.8 Å². The van der Waals surface area contributed by atoms with Crippen LogP contribution in [0.15, 0.2) is 36.4 Å². The van der Waals surface area contributed by atoms with Gasteiger partial charge < -0.3 is 15.2 Å². The molecule has 0 spiro atoms. The Balaban J connectivity index is 2.16. The average Bonchev–Trinajstić information content (AvgIpc) is 2.48. The molecule has 0 aliphatic carbocycles. The molecule has 0 radical (unpaired) electrons. The zero-order valence-corrected chi connectivity index (χ0v) is 12.0. The third-order valence-electron chi connectivity index (χ3n) is 2.86. The first-order chi connectivity index (χ1) is 10.0. The molecule has 21 heavy (non-hydrogen) atoms. The van der Waals surface area contributed by atoms with E-state index in [1.807, 2.05) is 0 Å². The fraction of sp³-hybridized carbons (Fsp3) is 0.133. The summed E-state index contributed by atoms with van der Waals surface area (Å²) < 4.78 is 23.5. The van der Waals surface area contributed by atoms with Crippen LogP contribution in [0.25, 0.3) is 0 Å². The second-order valence-electron chi connectivity index (χ2n) is 4.22. The van der Waals surface area contributed by atoms with Gasteiger partial charge in [-0.3, -0.25) is 0 Å². The van der Waals surface area contributed by atoms with Gasteiger partial charge in [-0.05, 0) is 18.2 Å². The van der Waals surface area contributed by atoms with Gasteiger partial charge in [-0.2, -0.15) is 0 Å². The Morgan fingerprint density at radius 3 is 2.71 bits per heavy atom. The summed E-state index contributed by atoms with van der Waals surface area (Å²) in [5.41, 5.74) is 6.63. The number of anilines is 1. The van der Waals surface area contributed by atoms with Crippen LogP contribution in [0.3, 0.4) is 0 Å². The van der Waals surface area contributed by atoms with Crippen molar-refractivity contribution in [1.29, 1.82) is 0 Å². The molecule has 0 saturated carbocycles. The van der Waals surface area contributed by atoms with Crippen LogP contribution < -0.4 is 10.5 Å². The molecule has 4 nitrogen and oxygen atoms in total. The molecule has 0 aliphatic heterocycles. The molecule has 0 saturated heterocycles. The maximum absolute atomic E-state index is 13.3. The molecular formula is C15H13ClFNO3. The van der Waals surface area contributed by atoms with E-state index in [0.29, 0.717) is 11.3 Å². The molecule has 0 aromatic heterocycles. The van der Waals surface area contributed by atoms with Crippen molar-refractivity contribution in [1.82, 2.24) is 0 Å². The number of methoxy groups -OCH3 is 1. The quantitative estimate of drug-likeness (QED) is 0.694. The molecule has 2 N–H and O–H groups in total. The number of benzene rings is 2. The van der Waals surface area contributed by atoms with Crippen LogP contribution in [-0.2, 0) is 11.3 Å². The summed E-state index contributed by atoms with van der Waals surface area (Å²) >= 11 is 5.80. The fourth-order valence-corrected chi connectivity index (χ4v) is 2.00. The lowest BCUT2D eigenvalue weighted by molar-refractivity contribution is 0.0469. The van der Waals surface area contributed by atoms with Crippen LogP contribution in [0.5, 0.6) is 5.75 Å². The second kappa shape index (κ2) is 6.45. The first-order valence-corrected chi connectivity index (χ1v) is 6.45. The average molecular weight is 310 g/mol. The van der Waals surface area contributed by atoms with E-state index in [2.05, 4.69) is 0 Å². The second-order valence-corrected chi connectivity index (χ2v) is 4.60. The Bertz CT molecular complexity index is 676. The van der Waals surface area contributed by atoms with E-state index < -0.39 is 11.8 Å². The van der Waals surface area contributed by atoms with Gasteiger partial charge in [-0.25, -0.2) is 9.18 Å². The van der Waals surface area contributed by atoms with Gasteiger partial charge in [0.05, 0.1) is 17.8 Å². The van der Waals surface area contributed by atoms with Crippen molar-refractivity contribution in [3.63, 3.8) is 0 Å². The third kappa shape index (κ3) is 3.25. The Morgan fingerprint density at radius 2 is 2.00 bits per heavy atom. The van der Waals surface area contributed by atoms with E-state index >= 15 is 0 Å². The van der Waals surface area contributed by atoms with Gasteiger partial charge >= 0.3 is 5.97 Å². The van der Waals surface area contributed by atoms with E-state index in [4.69, 9.17) is 26.8 Å². The topological polar surface area (TPSA) is 61.5 Å². The summed E-state index contributed by atoms with van der Waals surface area (Å²) in [6, 6.07) is 9.06. The molecule has 0 bridgehead atoms. The van der Waals surface area contributed by atoms with Crippen LogP contribution >= 0.6 is 11.6 Å². The Kier molecular flexibility index (Phi) is 4.65. The van der Waals surface area contributed by atoms with Gasteiger partial charge in [0.1, 0.15) is 18.0 Å².